The number of nitrogens with zero attached hydrogens (tertiary/aromatic N) is 2. The van der Waals surface area contributed by atoms with E-state index in [1.165, 1.54) is 11.3 Å². The van der Waals surface area contributed by atoms with Gasteiger partial charge in [0.15, 0.2) is 5.13 Å². The van der Waals surface area contributed by atoms with Crippen LogP contribution in [-0.2, 0) is 22.6 Å². The Hall–Kier alpha value is -1.47. The van der Waals surface area contributed by atoms with Crippen molar-refractivity contribution in [2.75, 3.05) is 25.0 Å². The number of nitrogens with one attached hydrogen (secondary N) is 2. The number of amides is 2. The Kier molecular flexibility index (Phi) is 3.71. The first kappa shape index (κ1) is 13.5. The zero-order chi connectivity index (χ0) is 14.1. The summed E-state index contributed by atoms with van der Waals surface area (Å²) in [5, 5.41) is 6.76. The van der Waals surface area contributed by atoms with Crippen molar-refractivity contribution in [2.45, 2.75) is 26.3 Å². The van der Waals surface area contributed by atoms with E-state index in [1.54, 1.807) is 6.92 Å². The minimum Gasteiger partial charge on any atom is -0.337 e. The monoisotopic (exact) mass is 294 g/mol. The maximum absolute atomic E-state index is 12.1. The third-order valence-electron chi connectivity index (χ3n) is 3.84. The maximum Gasteiger partial charge on any atom is 0.230 e. The average Bonchev–Trinajstić information content (AvgIpc) is 3.06. The van der Waals surface area contributed by atoms with Gasteiger partial charge < -0.3 is 15.5 Å². The smallest absolute Gasteiger partial charge is 0.230 e. The van der Waals surface area contributed by atoms with Crippen LogP contribution in [-0.4, -0.2) is 41.3 Å². The molecule has 0 bridgehead atoms. The summed E-state index contributed by atoms with van der Waals surface area (Å²) in [5.74, 6) is 0.181. The van der Waals surface area contributed by atoms with Gasteiger partial charge in [0.2, 0.25) is 11.8 Å². The Morgan fingerprint density at radius 2 is 2.35 bits per heavy atom. The van der Waals surface area contributed by atoms with E-state index in [4.69, 9.17) is 0 Å². The molecule has 1 atom stereocenters. The molecule has 0 unspecified atom stereocenters. The van der Waals surface area contributed by atoms with E-state index >= 15 is 0 Å². The molecule has 0 radical (unpaired) electrons. The molecule has 2 amide bonds. The fraction of sp³-hybridized carbons (Fsp3) is 0.615. The van der Waals surface area contributed by atoms with Crippen LogP contribution in [0.15, 0.2) is 0 Å². The Balaban J connectivity index is 1.67. The molecule has 2 aliphatic heterocycles. The van der Waals surface area contributed by atoms with E-state index in [0.29, 0.717) is 18.2 Å². The molecule has 3 rings (SSSR count). The van der Waals surface area contributed by atoms with Crippen molar-refractivity contribution in [3.8, 4) is 0 Å². The molecule has 6 nitrogen and oxygen atoms in total. The highest BCUT2D eigenvalue weighted by Gasteiger charge is 2.25. The van der Waals surface area contributed by atoms with Crippen molar-refractivity contribution in [1.29, 1.82) is 0 Å². The van der Waals surface area contributed by atoms with E-state index in [2.05, 4.69) is 15.6 Å². The van der Waals surface area contributed by atoms with Gasteiger partial charge in [-0.2, -0.15) is 0 Å². The summed E-state index contributed by atoms with van der Waals surface area (Å²) in [7, 11) is 0. The molecule has 1 aromatic rings. The lowest BCUT2D eigenvalue weighted by Gasteiger charge is -2.24. The first-order chi connectivity index (χ1) is 9.63. The molecular formula is C13H18N4O2S. The summed E-state index contributed by atoms with van der Waals surface area (Å²) in [4.78, 5) is 30.8. The molecule has 1 fully saturated rings. The van der Waals surface area contributed by atoms with E-state index in [0.717, 1.165) is 36.5 Å². The van der Waals surface area contributed by atoms with E-state index in [-0.39, 0.29) is 17.7 Å². The highest BCUT2D eigenvalue weighted by Crippen LogP contribution is 2.28. The Bertz CT molecular complexity index is 536. The van der Waals surface area contributed by atoms with Crippen LogP contribution in [0.2, 0.25) is 0 Å². The van der Waals surface area contributed by atoms with Crippen LogP contribution in [0.25, 0.3) is 0 Å². The highest BCUT2D eigenvalue weighted by molar-refractivity contribution is 7.15. The zero-order valence-corrected chi connectivity index (χ0v) is 12.3. The molecule has 7 heteroatoms. The summed E-state index contributed by atoms with van der Waals surface area (Å²) in [6.45, 7) is 4.56. The van der Waals surface area contributed by atoms with Gasteiger partial charge in [0, 0.05) is 31.3 Å². The maximum atomic E-state index is 12.1. The number of rotatable bonds is 2. The number of hydrogen-bond acceptors (Lipinski definition) is 5. The molecule has 3 heterocycles. The van der Waals surface area contributed by atoms with Gasteiger partial charge in [-0.05, 0) is 13.0 Å². The number of carbonyl (C=O) groups excluding carboxylic acids is 2. The number of hydrogen-bond donors (Lipinski definition) is 2. The van der Waals surface area contributed by atoms with Crippen LogP contribution >= 0.6 is 11.3 Å². The first-order valence-corrected chi connectivity index (χ1v) is 7.71. The van der Waals surface area contributed by atoms with Crippen molar-refractivity contribution in [2.24, 2.45) is 5.92 Å². The molecule has 0 aromatic carbocycles. The Labute approximate surface area is 121 Å². The van der Waals surface area contributed by atoms with Crippen LogP contribution in [0.5, 0.6) is 0 Å². The summed E-state index contributed by atoms with van der Waals surface area (Å²) in [6.07, 6.45) is 1.65. The van der Waals surface area contributed by atoms with E-state index < -0.39 is 0 Å². The predicted molar refractivity (Wildman–Crippen MR) is 76.5 cm³/mol. The van der Waals surface area contributed by atoms with E-state index in [1.807, 2.05) is 4.90 Å². The van der Waals surface area contributed by atoms with Crippen molar-refractivity contribution < 1.29 is 9.59 Å². The largest absolute Gasteiger partial charge is 0.337 e. The summed E-state index contributed by atoms with van der Waals surface area (Å²) in [5.41, 5.74) is 1.02. The number of thiazole rings is 1. The molecule has 1 aromatic heterocycles. The zero-order valence-electron chi connectivity index (χ0n) is 11.4. The fourth-order valence-electron chi connectivity index (χ4n) is 2.60. The molecule has 0 spiro atoms. The molecule has 2 aliphatic rings. The van der Waals surface area contributed by atoms with Crippen molar-refractivity contribution in [1.82, 2.24) is 15.2 Å². The minimum atomic E-state index is 0.0459. The second-order valence-electron chi connectivity index (χ2n) is 5.26. The van der Waals surface area contributed by atoms with Crippen molar-refractivity contribution in [3.63, 3.8) is 0 Å². The third-order valence-corrected chi connectivity index (χ3v) is 4.84. The van der Waals surface area contributed by atoms with Gasteiger partial charge in [0.25, 0.3) is 0 Å². The summed E-state index contributed by atoms with van der Waals surface area (Å²) < 4.78 is 0. The predicted octanol–water partition coefficient (Wildman–Crippen LogP) is 0.596. The van der Waals surface area contributed by atoms with Gasteiger partial charge in [-0.3, -0.25) is 9.59 Å². The molecular weight excluding hydrogens is 276 g/mol. The van der Waals surface area contributed by atoms with Gasteiger partial charge >= 0.3 is 0 Å². The van der Waals surface area contributed by atoms with Crippen molar-refractivity contribution in [3.05, 3.63) is 10.6 Å². The third kappa shape index (κ3) is 2.69. The van der Waals surface area contributed by atoms with Crippen LogP contribution in [0.1, 0.15) is 23.9 Å². The molecule has 20 heavy (non-hydrogen) atoms. The minimum absolute atomic E-state index is 0.0459. The normalized spacial score (nSPS) is 21.6. The quantitative estimate of drug-likeness (QED) is 0.837. The average molecular weight is 294 g/mol. The summed E-state index contributed by atoms with van der Waals surface area (Å²) >= 11 is 1.49. The standard InChI is InChI=1S/C13H18N4O2S/c1-8(18)17-5-3-10-11(7-17)20-13(15-10)16-12(19)9-2-4-14-6-9/h9,14H,2-7H2,1H3,(H,15,16,19)/t9-/m0/s1. The first-order valence-electron chi connectivity index (χ1n) is 6.89. The molecule has 2 N–H and O–H groups in total. The number of carbonyl (C=O) groups is 2. The number of fused-ring (bicyclic) bond motifs is 1. The molecule has 0 saturated carbocycles. The second-order valence-corrected chi connectivity index (χ2v) is 6.34. The van der Waals surface area contributed by atoms with Crippen molar-refractivity contribution >= 4 is 28.3 Å². The second kappa shape index (κ2) is 5.49. The fourth-order valence-corrected chi connectivity index (χ4v) is 3.63. The summed E-state index contributed by atoms with van der Waals surface area (Å²) in [6, 6.07) is 0. The van der Waals surface area contributed by atoms with Gasteiger partial charge in [0.05, 0.1) is 18.2 Å². The van der Waals surface area contributed by atoms with Gasteiger partial charge in [-0.1, -0.05) is 11.3 Å². The van der Waals surface area contributed by atoms with Gasteiger partial charge in [-0.25, -0.2) is 4.98 Å². The van der Waals surface area contributed by atoms with Crippen LogP contribution in [0.3, 0.4) is 0 Å². The van der Waals surface area contributed by atoms with Crippen LogP contribution < -0.4 is 10.6 Å². The molecule has 1 saturated heterocycles. The lowest BCUT2D eigenvalue weighted by Crippen LogP contribution is -2.33. The topological polar surface area (TPSA) is 74.3 Å². The Morgan fingerprint density at radius 1 is 1.50 bits per heavy atom. The van der Waals surface area contributed by atoms with E-state index in [9.17, 15) is 9.59 Å². The SMILES string of the molecule is CC(=O)N1CCc2nc(NC(=O)[C@H]3CCNC3)sc2C1. The molecule has 0 aliphatic carbocycles. The Morgan fingerprint density at radius 3 is 3.05 bits per heavy atom. The van der Waals surface area contributed by atoms with Crippen LogP contribution in [0, 0.1) is 5.92 Å². The number of aromatic nitrogens is 1. The lowest BCUT2D eigenvalue weighted by molar-refractivity contribution is -0.129. The lowest BCUT2D eigenvalue weighted by atomic mass is 10.1. The van der Waals surface area contributed by atoms with Gasteiger partial charge in [0.1, 0.15) is 0 Å². The highest BCUT2D eigenvalue weighted by atomic mass is 32.1. The van der Waals surface area contributed by atoms with Gasteiger partial charge in [-0.15, -0.1) is 0 Å². The number of anilines is 1. The van der Waals surface area contributed by atoms with Crippen LogP contribution in [0.4, 0.5) is 5.13 Å². The molecule has 108 valence electrons.